The van der Waals surface area contributed by atoms with Crippen LogP contribution in [0.5, 0.6) is 0 Å². The van der Waals surface area contributed by atoms with Crippen LogP contribution in [0.1, 0.15) is 30.0 Å². The number of hydrogen-bond donors (Lipinski definition) is 1. The van der Waals surface area contributed by atoms with Crippen LogP contribution in [0, 0.1) is 0 Å². The molecule has 184 valence electrons. The van der Waals surface area contributed by atoms with E-state index in [0.29, 0.717) is 35.3 Å². The molecular weight excluding hydrogens is 499 g/mol. The van der Waals surface area contributed by atoms with Gasteiger partial charge in [0.2, 0.25) is 11.8 Å². The van der Waals surface area contributed by atoms with E-state index in [1.807, 2.05) is 67.6 Å². The first-order valence-electron chi connectivity index (χ1n) is 11.6. The molecule has 0 saturated carbocycles. The van der Waals surface area contributed by atoms with Crippen molar-refractivity contribution in [2.24, 2.45) is 0 Å². The molecule has 0 bridgehead atoms. The SMILES string of the molecule is CCCNC(=O)[C@H](Cc1ccccc1)N(Cc1ccccc1)C(=O)CSCc1c(Cl)cccc1Cl. The molecule has 3 aromatic rings. The molecule has 1 atom stereocenters. The van der Waals surface area contributed by atoms with Gasteiger partial charge in [0.05, 0.1) is 5.75 Å². The lowest BCUT2D eigenvalue weighted by Gasteiger charge is -2.31. The van der Waals surface area contributed by atoms with Crippen LogP contribution in [0.2, 0.25) is 10.0 Å². The van der Waals surface area contributed by atoms with E-state index in [1.54, 1.807) is 23.1 Å². The summed E-state index contributed by atoms with van der Waals surface area (Å²) in [5.41, 5.74) is 2.79. The minimum absolute atomic E-state index is 0.102. The van der Waals surface area contributed by atoms with E-state index < -0.39 is 6.04 Å². The number of nitrogens with one attached hydrogen (secondary N) is 1. The van der Waals surface area contributed by atoms with Gasteiger partial charge in [0, 0.05) is 35.3 Å². The smallest absolute Gasteiger partial charge is 0.243 e. The molecule has 0 aliphatic rings. The fraction of sp³-hybridized carbons (Fsp3) is 0.286. The number of amides is 2. The molecule has 2 amide bonds. The molecule has 0 radical (unpaired) electrons. The Morgan fingerprint density at radius 1 is 0.886 bits per heavy atom. The molecule has 35 heavy (non-hydrogen) atoms. The van der Waals surface area contributed by atoms with E-state index in [-0.39, 0.29) is 17.6 Å². The predicted molar refractivity (Wildman–Crippen MR) is 147 cm³/mol. The largest absolute Gasteiger partial charge is 0.354 e. The van der Waals surface area contributed by atoms with Gasteiger partial charge in [0.1, 0.15) is 6.04 Å². The van der Waals surface area contributed by atoms with Crippen LogP contribution >= 0.6 is 35.0 Å². The second kappa shape index (κ2) is 14.2. The van der Waals surface area contributed by atoms with Crippen LogP contribution < -0.4 is 5.32 Å². The molecule has 0 fully saturated rings. The molecule has 0 spiro atoms. The Kier molecular flexibility index (Phi) is 11.0. The van der Waals surface area contributed by atoms with Gasteiger partial charge >= 0.3 is 0 Å². The van der Waals surface area contributed by atoms with Crippen molar-refractivity contribution in [1.82, 2.24) is 10.2 Å². The van der Waals surface area contributed by atoms with Gasteiger partial charge in [-0.25, -0.2) is 0 Å². The monoisotopic (exact) mass is 528 g/mol. The number of hydrogen-bond acceptors (Lipinski definition) is 3. The Bertz CT molecular complexity index is 1080. The molecule has 0 unspecified atom stereocenters. The number of thioether (sulfide) groups is 1. The fourth-order valence-electron chi connectivity index (χ4n) is 3.69. The van der Waals surface area contributed by atoms with Crippen LogP contribution in [-0.2, 0) is 28.3 Å². The quantitative estimate of drug-likeness (QED) is 0.296. The second-order valence-corrected chi connectivity index (χ2v) is 10.00. The van der Waals surface area contributed by atoms with Crippen LogP contribution in [0.3, 0.4) is 0 Å². The summed E-state index contributed by atoms with van der Waals surface area (Å²) in [5, 5.41) is 4.16. The molecule has 3 aromatic carbocycles. The minimum Gasteiger partial charge on any atom is -0.354 e. The third-order valence-corrected chi connectivity index (χ3v) is 7.20. The standard InChI is InChI=1S/C28H30Cl2N2O2S/c1-2-16-31-28(34)26(17-21-10-5-3-6-11-21)32(18-22-12-7-4-8-13-22)27(33)20-35-19-23-24(29)14-9-15-25(23)30/h3-15,26H,2,16-20H2,1H3,(H,31,34)/t26-/m0/s1. The van der Waals surface area contributed by atoms with Gasteiger partial charge in [-0.3, -0.25) is 9.59 Å². The average Bonchev–Trinajstić information content (AvgIpc) is 2.87. The predicted octanol–water partition coefficient (Wildman–Crippen LogP) is 6.39. The highest BCUT2D eigenvalue weighted by atomic mass is 35.5. The lowest BCUT2D eigenvalue weighted by molar-refractivity contribution is -0.139. The van der Waals surface area contributed by atoms with Crippen LogP contribution in [0.4, 0.5) is 0 Å². The Balaban J connectivity index is 1.82. The van der Waals surface area contributed by atoms with Crippen molar-refractivity contribution in [2.75, 3.05) is 12.3 Å². The lowest BCUT2D eigenvalue weighted by Crippen LogP contribution is -2.51. The zero-order valence-electron chi connectivity index (χ0n) is 19.8. The lowest BCUT2D eigenvalue weighted by atomic mass is 10.0. The summed E-state index contributed by atoms with van der Waals surface area (Å²) >= 11 is 14.0. The molecule has 3 rings (SSSR count). The van der Waals surface area contributed by atoms with Crippen LogP contribution in [0.15, 0.2) is 78.9 Å². The maximum atomic E-state index is 13.6. The first kappa shape index (κ1) is 27.1. The van der Waals surface area contributed by atoms with Crippen molar-refractivity contribution in [3.8, 4) is 0 Å². The Morgan fingerprint density at radius 3 is 2.09 bits per heavy atom. The minimum atomic E-state index is -0.624. The first-order valence-corrected chi connectivity index (χ1v) is 13.6. The molecule has 1 N–H and O–H groups in total. The third-order valence-electron chi connectivity index (χ3n) is 5.55. The third kappa shape index (κ3) is 8.31. The van der Waals surface area contributed by atoms with Gasteiger partial charge in [-0.2, -0.15) is 0 Å². The second-order valence-electron chi connectivity index (χ2n) is 8.20. The molecule has 0 saturated heterocycles. The molecule has 0 aromatic heterocycles. The van der Waals surface area contributed by atoms with Crippen molar-refractivity contribution in [3.63, 3.8) is 0 Å². The highest BCUT2D eigenvalue weighted by Gasteiger charge is 2.30. The molecule has 7 heteroatoms. The van der Waals surface area contributed by atoms with E-state index in [4.69, 9.17) is 23.2 Å². The van der Waals surface area contributed by atoms with Gasteiger partial charge in [-0.05, 0) is 35.2 Å². The van der Waals surface area contributed by atoms with Gasteiger partial charge in [0.15, 0.2) is 0 Å². The zero-order valence-corrected chi connectivity index (χ0v) is 22.1. The number of halogens is 2. The van der Waals surface area contributed by atoms with Gasteiger partial charge in [-0.15, -0.1) is 11.8 Å². The van der Waals surface area contributed by atoms with E-state index >= 15 is 0 Å². The number of carbonyl (C=O) groups is 2. The van der Waals surface area contributed by atoms with Crippen molar-refractivity contribution < 1.29 is 9.59 Å². The van der Waals surface area contributed by atoms with Crippen LogP contribution in [-0.4, -0.2) is 35.1 Å². The first-order chi connectivity index (χ1) is 17.0. The summed E-state index contributed by atoms with van der Waals surface area (Å²) in [6, 6.07) is 24.3. The van der Waals surface area contributed by atoms with Crippen molar-refractivity contribution >= 4 is 46.8 Å². The molecule has 0 heterocycles. The summed E-state index contributed by atoms with van der Waals surface area (Å²) < 4.78 is 0. The van der Waals surface area contributed by atoms with Crippen molar-refractivity contribution in [1.29, 1.82) is 0 Å². The topological polar surface area (TPSA) is 49.4 Å². The fourth-order valence-corrected chi connectivity index (χ4v) is 5.34. The van der Waals surface area contributed by atoms with Gasteiger partial charge in [0.25, 0.3) is 0 Å². The Labute approximate surface area is 222 Å². The maximum Gasteiger partial charge on any atom is 0.243 e. The van der Waals surface area contributed by atoms with E-state index in [0.717, 1.165) is 23.1 Å². The summed E-state index contributed by atoms with van der Waals surface area (Å²) in [6.07, 6.45) is 1.26. The number of benzene rings is 3. The molecule has 0 aliphatic heterocycles. The van der Waals surface area contributed by atoms with E-state index in [1.165, 1.54) is 11.8 Å². The van der Waals surface area contributed by atoms with Crippen molar-refractivity contribution in [3.05, 3.63) is 106 Å². The van der Waals surface area contributed by atoms with E-state index in [9.17, 15) is 9.59 Å². The summed E-state index contributed by atoms with van der Waals surface area (Å²) in [6.45, 7) is 2.93. The Morgan fingerprint density at radius 2 is 1.49 bits per heavy atom. The van der Waals surface area contributed by atoms with Crippen LogP contribution in [0.25, 0.3) is 0 Å². The normalized spacial score (nSPS) is 11.6. The Hall–Kier alpha value is -2.47. The van der Waals surface area contributed by atoms with Gasteiger partial charge in [-0.1, -0.05) is 96.9 Å². The van der Waals surface area contributed by atoms with Gasteiger partial charge < -0.3 is 10.2 Å². The highest BCUT2D eigenvalue weighted by molar-refractivity contribution is 7.99. The summed E-state index contributed by atoms with van der Waals surface area (Å²) in [5.74, 6) is 0.476. The average molecular weight is 530 g/mol. The highest BCUT2D eigenvalue weighted by Crippen LogP contribution is 2.28. The maximum absolute atomic E-state index is 13.6. The number of nitrogens with zero attached hydrogens (tertiary/aromatic N) is 1. The number of rotatable bonds is 12. The number of carbonyl (C=O) groups excluding carboxylic acids is 2. The summed E-state index contributed by atoms with van der Waals surface area (Å²) in [7, 11) is 0. The molecule has 4 nitrogen and oxygen atoms in total. The van der Waals surface area contributed by atoms with E-state index in [2.05, 4.69) is 5.32 Å². The molecule has 0 aliphatic carbocycles. The summed E-state index contributed by atoms with van der Waals surface area (Å²) in [4.78, 5) is 28.6. The zero-order chi connectivity index (χ0) is 25.0. The molecular formula is C28H30Cl2N2O2S. The van der Waals surface area contributed by atoms with Crippen molar-refractivity contribution in [2.45, 2.75) is 38.1 Å².